The number of Topliss-reactive ketones (excluding diaryl/α,β-unsaturated/α-hetero) is 1. The molecule has 0 amide bonds. The van der Waals surface area contributed by atoms with Crippen LogP contribution in [0.4, 0.5) is 4.39 Å². The van der Waals surface area contributed by atoms with E-state index >= 15 is 0 Å². The molecule has 0 fully saturated rings. The van der Waals surface area contributed by atoms with Gasteiger partial charge in [-0.15, -0.1) is 0 Å². The van der Waals surface area contributed by atoms with Crippen LogP contribution in [0.15, 0.2) is 24.3 Å². The van der Waals surface area contributed by atoms with E-state index in [-0.39, 0.29) is 23.4 Å². The number of hydrogen-bond donors (Lipinski definition) is 1. The first-order chi connectivity index (χ1) is 7.06. The first-order valence-electron chi connectivity index (χ1n) is 5.06. The Bertz CT molecular complexity index is 349. The fourth-order valence-electron chi connectivity index (χ4n) is 1.54. The van der Waals surface area contributed by atoms with Gasteiger partial charge in [0.25, 0.3) is 0 Å². The molecule has 2 N–H and O–H groups in total. The summed E-state index contributed by atoms with van der Waals surface area (Å²) in [6, 6.07) is 5.74. The van der Waals surface area contributed by atoms with Crippen LogP contribution in [0, 0.1) is 17.7 Å². The predicted octanol–water partition coefficient (Wildman–Crippen LogP) is 2.24. The van der Waals surface area contributed by atoms with E-state index in [1.807, 2.05) is 13.8 Å². The van der Waals surface area contributed by atoms with Crippen LogP contribution in [0.2, 0.25) is 0 Å². The van der Waals surface area contributed by atoms with Gasteiger partial charge < -0.3 is 5.73 Å². The summed E-state index contributed by atoms with van der Waals surface area (Å²) in [5.74, 6) is -0.523. The average Bonchev–Trinajstić information content (AvgIpc) is 2.18. The van der Waals surface area contributed by atoms with Crippen molar-refractivity contribution < 1.29 is 9.18 Å². The highest BCUT2D eigenvalue weighted by atomic mass is 19.1. The highest BCUT2D eigenvalue weighted by Crippen LogP contribution is 2.16. The molecule has 1 unspecified atom stereocenters. The Hall–Kier alpha value is -1.22. The van der Waals surface area contributed by atoms with E-state index in [4.69, 9.17) is 5.73 Å². The second-order valence-corrected chi connectivity index (χ2v) is 3.96. The highest BCUT2D eigenvalue weighted by molar-refractivity contribution is 5.98. The molecule has 0 radical (unpaired) electrons. The number of hydrogen-bond acceptors (Lipinski definition) is 2. The van der Waals surface area contributed by atoms with Crippen molar-refractivity contribution in [3.8, 4) is 0 Å². The highest BCUT2D eigenvalue weighted by Gasteiger charge is 2.21. The number of nitrogens with two attached hydrogens (primary N) is 1. The molecule has 0 aliphatic carbocycles. The molecule has 1 atom stereocenters. The average molecular weight is 209 g/mol. The van der Waals surface area contributed by atoms with Gasteiger partial charge in [0.2, 0.25) is 0 Å². The van der Waals surface area contributed by atoms with Gasteiger partial charge in [-0.25, -0.2) is 4.39 Å². The second-order valence-electron chi connectivity index (χ2n) is 3.96. The minimum atomic E-state index is -0.389. The Morgan fingerprint density at radius 1 is 1.47 bits per heavy atom. The third-order valence-electron chi connectivity index (χ3n) is 2.50. The van der Waals surface area contributed by atoms with Crippen LogP contribution in [-0.4, -0.2) is 12.3 Å². The lowest BCUT2D eigenvalue weighted by Crippen LogP contribution is -2.28. The Morgan fingerprint density at radius 3 is 2.60 bits per heavy atom. The number of carbonyl (C=O) groups excluding carboxylic acids is 1. The van der Waals surface area contributed by atoms with Crippen molar-refractivity contribution in [2.45, 2.75) is 13.8 Å². The number of ketones is 1. The van der Waals surface area contributed by atoms with Gasteiger partial charge in [0.15, 0.2) is 5.78 Å². The van der Waals surface area contributed by atoms with Gasteiger partial charge in [-0.05, 0) is 18.1 Å². The van der Waals surface area contributed by atoms with Crippen molar-refractivity contribution in [2.75, 3.05) is 6.54 Å². The predicted molar refractivity (Wildman–Crippen MR) is 58.1 cm³/mol. The van der Waals surface area contributed by atoms with Gasteiger partial charge >= 0.3 is 0 Å². The maximum atomic E-state index is 12.9. The van der Waals surface area contributed by atoms with Crippen LogP contribution >= 0.6 is 0 Å². The van der Waals surface area contributed by atoms with E-state index in [1.165, 1.54) is 18.2 Å². The summed E-state index contributed by atoms with van der Waals surface area (Å²) in [5.41, 5.74) is 5.94. The van der Waals surface area contributed by atoms with Gasteiger partial charge in [0.1, 0.15) is 5.82 Å². The minimum absolute atomic E-state index is 0.0769. The molecule has 0 aromatic heterocycles. The molecule has 0 bridgehead atoms. The summed E-state index contributed by atoms with van der Waals surface area (Å²) in [5, 5.41) is 0. The molecule has 82 valence electrons. The molecule has 15 heavy (non-hydrogen) atoms. The van der Waals surface area contributed by atoms with Gasteiger partial charge in [0.05, 0.1) is 0 Å². The molecule has 1 rings (SSSR count). The van der Waals surface area contributed by atoms with E-state index in [1.54, 1.807) is 6.07 Å². The quantitative estimate of drug-likeness (QED) is 0.773. The van der Waals surface area contributed by atoms with E-state index in [0.717, 1.165) is 0 Å². The van der Waals surface area contributed by atoms with Crippen molar-refractivity contribution in [1.82, 2.24) is 0 Å². The van der Waals surface area contributed by atoms with Crippen molar-refractivity contribution in [2.24, 2.45) is 17.6 Å². The van der Waals surface area contributed by atoms with Crippen LogP contribution in [-0.2, 0) is 0 Å². The summed E-state index contributed by atoms with van der Waals surface area (Å²) < 4.78 is 12.9. The van der Waals surface area contributed by atoms with Crippen molar-refractivity contribution in [3.05, 3.63) is 35.6 Å². The molecule has 0 aliphatic rings. The standard InChI is InChI=1S/C12H16FNO/c1-8(2)11(7-14)12(15)9-4-3-5-10(13)6-9/h3-6,8,11H,7,14H2,1-2H3. The zero-order valence-electron chi connectivity index (χ0n) is 9.03. The van der Waals surface area contributed by atoms with E-state index < -0.39 is 0 Å². The fourth-order valence-corrected chi connectivity index (χ4v) is 1.54. The first kappa shape index (κ1) is 11.9. The molecular weight excluding hydrogens is 193 g/mol. The molecule has 2 nitrogen and oxygen atoms in total. The lowest BCUT2D eigenvalue weighted by atomic mass is 9.88. The summed E-state index contributed by atoms with van der Waals surface area (Å²) in [6.07, 6.45) is 0. The third-order valence-corrected chi connectivity index (χ3v) is 2.50. The molecule has 0 saturated carbocycles. The zero-order valence-corrected chi connectivity index (χ0v) is 9.03. The normalized spacial score (nSPS) is 12.9. The lowest BCUT2D eigenvalue weighted by Gasteiger charge is -2.17. The number of halogens is 1. The van der Waals surface area contributed by atoms with Crippen molar-refractivity contribution in [3.63, 3.8) is 0 Å². The summed E-state index contributed by atoms with van der Waals surface area (Å²) in [7, 11) is 0. The number of rotatable bonds is 4. The van der Waals surface area contributed by atoms with Crippen LogP contribution in [0.3, 0.4) is 0 Å². The number of benzene rings is 1. The smallest absolute Gasteiger partial charge is 0.167 e. The zero-order chi connectivity index (χ0) is 11.4. The van der Waals surface area contributed by atoms with Crippen LogP contribution in [0.1, 0.15) is 24.2 Å². The van der Waals surface area contributed by atoms with Crippen LogP contribution in [0.5, 0.6) is 0 Å². The van der Waals surface area contributed by atoms with Gasteiger partial charge in [-0.2, -0.15) is 0 Å². The fraction of sp³-hybridized carbons (Fsp3) is 0.417. The maximum Gasteiger partial charge on any atom is 0.167 e. The van der Waals surface area contributed by atoms with Crippen LogP contribution in [0.25, 0.3) is 0 Å². The first-order valence-corrected chi connectivity index (χ1v) is 5.06. The molecule has 3 heteroatoms. The largest absolute Gasteiger partial charge is 0.330 e. The molecule has 0 aliphatic heterocycles. The monoisotopic (exact) mass is 209 g/mol. The van der Waals surface area contributed by atoms with E-state index in [0.29, 0.717) is 12.1 Å². The van der Waals surface area contributed by atoms with Gasteiger partial charge in [-0.3, -0.25) is 4.79 Å². The molecule has 0 heterocycles. The molecule has 0 spiro atoms. The Labute approximate surface area is 89.3 Å². The molecule has 1 aromatic carbocycles. The van der Waals surface area contributed by atoms with Gasteiger partial charge in [0, 0.05) is 18.0 Å². The van der Waals surface area contributed by atoms with E-state index in [9.17, 15) is 9.18 Å². The Balaban J connectivity index is 2.93. The Morgan fingerprint density at radius 2 is 2.13 bits per heavy atom. The molecular formula is C12H16FNO. The molecule has 1 aromatic rings. The number of carbonyl (C=O) groups is 1. The van der Waals surface area contributed by atoms with Gasteiger partial charge in [-0.1, -0.05) is 26.0 Å². The van der Waals surface area contributed by atoms with E-state index in [2.05, 4.69) is 0 Å². The summed E-state index contributed by atoms with van der Waals surface area (Å²) in [6.45, 7) is 4.18. The van der Waals surface area contributed by atoms with Crippen molar-refractivity contribution in [1.29, 1.82) is 0 Å². The topological polar surface area (TPSA) is 43.1 Å². The SMILES string of the molecule is CC(C)C(CN)C(=O)c1cccc(F)c1. The Kier molecular flexibility index (Phi) is 3.97. The second kappa shape index (κ2) is 5.03. The summed E-state index contributed by atoms with van der Waals surface area (Å²) >= 11 is 0. The molecule has 0 saturated heterocycles. The van der Waals surface area contributed by atoms with Crippen LogP contribution < -0.4 is 5.73 Å². The third kappa shape index (κ3) is 2.86. The van der Waals surface area contributed by atoms with Crippen molar-refractivity contribution >= 4 is 5.78 Å². The minimum Gasteiger partial charge on any atom is -0.330 e. The summed E-state index contributed by atoms with van der Waals surface area (Å²) in [4.78, 5) is 11.9. The lowest BCUT2D eigenvalue weighted by molar-refractivity contribution is 0.0891. The maximum absolute atomic E-state index is 12.9.